The lowest BCUT2D eigenvalue weighted by Crippen LogP contribution is -2.35. The minimum atomic E-state index is -0.349. The van der Waals surface area contributed by atoms with Gasteiger partial charge in [-0.15, -0.1) is 11.6 Å². The summed E-state index contributed by atoms with van der Waals surface area (Å²) in [5, 5.41) is 0. The Morgan fingerprint density at radius 3 is 2.80 bits per heavy atom. The van der Waals surface area contributed by atoms with Crippen molar-refractivity contribution in [3.63, 3.8) is 0 Å². The summed E-state index contributed by atoms with van der Waals surface area (Å²) in [5.74, 6) is 0.208. The fourth-order valence-corrected chi connectivity index (χ4v) is 3.11. The van der Waals surface area contributed by atoms with Crippen LogP contribution in [0.25, 0.3) is 0 Å². The van der Waals surface area contributed by atoms with Crippen molar-refractivity contribution in [1.82, 2.24) is 9.80 Å². The second-order valence-corrected chi connectivity index (χ2v) is 6.03. The number of rotatable bonds is 3. The molecule has 2 rings (SSSR count). The van der Waals surface area contributed by atoms with E-state index < -0.39 is 0 Å². The van der Waals surface area contributed by atoms with E-state index in [2.05, 4.69) is 20.8 Å². The van der Waals surface area contributed by atoms with Gasteiger partial charge in [-0.05, 0) is 47.1 Å². The molecule has 0 aliphatic carbocycles. The smallest absolute Gasteiger partial charge is 0.255 e. The lowest BCUT2D eigenvalue weighted by Gasteiger charge is -2.22. The molecule has 1 fully saturated rings. The van der Waals surface area contributed by atoms with Crippen molar-refractivity contribution in [1.29, 1.82) is 0 Å². The molecule has 6 heteroatoms. The Hall–Kier alpha value is -0.650. The molecule has 1 aromatic rings. The van der Waals surface area contributed by atoms with Crippen LogP contribution in [0, 0.1) is 5.82 Å². The van der Waals surface area contributed by atoms with Gasteiger partial charge in [0, 0.05) is 36.5 Å². The first-order valence-electron chi connectivity index (χ1n) is 6.64. The molecule has 1 saturated heterocycles. The molecule has 0 radical (unpaired) electrons. The Balaban J connectivity index is 2.05. The minimum Gasteiger partial charge on any atom is -0.337 e. The lowest BCUT2D eigenvalue weighted by atomic mass is 10.2. The van der Waals surface area contributed by atoms with Crippen LogP contribution in [0.2, 0.25) is 0 Å². The quantitative estimate of drug-likeness (QED) is 0.771. The highest BCUT2D eigenvalue weighted by molar-refractivity contribution is 9.10. The van der Waals surface area contributed by atoms with Crippen LogP contribution >= 0.6 is 27.5 Å². The first kappa shape index (κ1) is 15.7. The third-order valence-electron chi connectivity index (χ3n) is 3.44. The Morgan fingerprint density at radius 1 is 1.30 bits per heavy atom. The predicted molar refractivity (Wildman–Crippen MR) is 81.8 cm³/mol. The van der Waals surface area contributed by atoms with Gasteiger partial charge in [0.25, 0.3) is 5.91 Å². The van der Waals surface area contributed by atoms with Gasteiger partial charge in [-0.1, -0.05) is 0 Å². The topological polar surface area (TPSA) is 23.6 Å². The molecule has 1 aromatic carbocycles. The summed E-state index contributed by atoms with van der Waals surface area (Å²) >= 11 is 9.01. The maximum atomic E-state index is 13.1. The zero-order valence-corrected chi connectivity index (χ0v) is 13.5. The third kappa shape index (κ3) is 3.93. The van der Waals surface area contributed by atoms with Gasteiger partial charge in [0.2, 0.25) is 0 Å². The zero-order valence-electron chi connectivity index (χ0n) is 11.1. The molecular formula is C14H17BrClFN2O. The Bertz CT molecular complexity index is 486. The molecule has 0 aromatic heterocycles. The summed E-state index contributed by atoms with van der Waals surface area (Å²) in [6.45, 7) is 4.04. The second kappa shape index (κ2) is 7.38. The maximum absolute atomic E-state index is 13.1. The average molecular weight is 364 g/mol. The van der Waals surface area contributed by atoms with Gasteiger partial charge in [0.1, 0.15) is 5.82 Å². The number of benzene rings is 1. The highest BCUT2D eigenvalue weighted by Gasteiger charge is 2.21. The molecule has 20 heavy (non-hydrogen) atoms. The van der Waals surface area contributed by atoms with Crippen molar-refractivity contribution in [2.24, 2.45) is 0 Å². The van der Waals surface area contributed by atoms with Crippen molar-refractivity contribution in [3.05, 3.63) is 34.1 Å². The van der Waals surface area contributed by atoms with Crippen molar-refractivity contribution in [2.75, 3.05) is 38.6 Å². The number of alkyl halides is 1. The predicted octanol–water partition coefficient (Wildman–Crippen LogP) is 2.97. The Labute approximate surface area is 131 Å². The standard InChI is InChI=1S/C14H17BrClFN2O/c15-13-10-11(17)2-3-12(13)14(20)19-6-1-5-18(7-4-16)8-9-19/h2-3,10H,1,4-9H2. The number of hydrogen-bond acceptors (Lipinski definition) is 2. The molecule has 110 valence electrons. The molecule has 3 nitrogen and oxygen atoms in total. The van der Waals surface area contributed by atoms with Crippen LogP contribution in [0.4, 0.5) is 4.39 Å². The maximum Gasteiger partial charge on any atom is 0.255 e. The van der Waals surface area contributed by atoms with Crippen LogP contribution in [0.15, 0.2) is 22.7 Å². The number of amides is 1. The van der Waals surface area contributed by atoms with E-state index in [4.69, 9.17) is 11.6 Å². The first-order chi connectivity index (χ1) is 9.61. The molecule has 0 spiro atoms. The summed E-state index contributed by atoms with van der Waals surface area (Å²) in [6.07, 6.45) is 0.932. The van der Waals surface area contributed by atoms with Crippen molar-refractivity contribution >= 4 is 33.4 Å². The van der Waals surface area contributed by atoms with Crippen LogP contribution in [0.1, 0.15) is 16.8 Å². The van der Waals surface area contributed by atoms with E-state index in [0.29, 0.717) is 22.5 Å². The highest BCUT2D eigenvalue weighted by atomic mass is 79.9. The van der Waals surface area contributed by atoms with Crippen molar-refractivity contribution < 1.29 is 9.18 Å². The highest BCUT2D eigenvalue weighted by Crippen LogP contribution is 2.20. The average Bonchev–Trinajstić information content (AvgIpc) is 2.64. The van der Waals surface area contributed by atoms with Gasteiger partial charge in [0.05, 0.1) is 5.56 Å². The second-order valence-electron chi connectivity index (χ2n) is 4.80. The Morgan fingerprint density at radius 2 is 2.10 bits per heavy atom. The molecule has 0 N–H and O–H groups in total. The fraction of sp³-hybridized carbons (Fsp3) is 0.500. The normalized spacial score (nSPS) is 17.1. The number of carbonyl (C=O) groups excluding carboxylic acids is 1. The summed E-state index contributed by atoms with van der Waals surface area (Å²) in [7, 11) is 0. The minimum absolute atomic E-state index is 0.0513. The van der Waals surface area contributed by atoms with Gasteiger partial charge >= 0.3 is 0 Å². The van der Waals surface area contributed by atoms with E-state index in [1.165, 1.54) is 18.2 Å². The SMILES string of the molecule is O=C(c1ccc(F)cc1Br)N1CCCN(CCCl)CC1. The van der Waals surface area contributed by atoms with Gasteiger partial charge < -0.3 is 9.80 Å². The molecular weight excluding hydrogens is 347 g/mol. The number of hydrogen-bond donors (Lipinski definition) is 0. The van der Waals surface area contributed by atoms with Crippen LogP contribution in [-0.4, -0.2) is 54.3 Å². The molecule has 0 bridgehead atoms. The van der Waals surface area contributed by atoms with E-state index in [9.17, 15) is 9.18 Å². The van der Waals surface area contributed by atoms with Gasteiger partial charge in [0.15, 0.2) is 0 Å². The number of halogens is 3. The van der Waals surface area contributed by atoms with Crippen molar-refractivity contribution in [3.8, 4) is 0 Å². The molecule has 1 heterocycles. The van der Waals surface area contributed by atoms with E-state index in [1.54, 1.807) is 0 Å². The van der Waals surface area contributed by atoms with Crippen LogP contribution in [0.3, 0.4) is 0 Å². The summed E-state index contributed by atoms with van der Waals surface area (Å²) in [4.78, 5) is 16.6. The monoisotopic (exact) mass is 362 g/mol. The van der Waals surface area contributed by atoms with E-state index >= 15 is 0 Å². The third-order valence-corrected chi connectivity index (χ3v) is 4.26. The molecule has 1 amide bonds. The molecule has 1 aliphatic heterocycles. The van der Waals surface area contributed by atoms with Crippen molar-refractivity contribution in [2.45, 2.75) is 6.42 Å². The molecule has 1 aliphatic rings. The van der Waals surface area contributed by atoms with E-state index in [-0.39, 0.29) is 11.7 Å². The molecule has 0 unspecified atom stereocenters. The van der Waals surface area contributed by atoms with Gasteiger partial charge in [-0.3, -0.25) is 4.79 Å². The zero-order chi connectivity index (χ0) is 14.5. The Kier molecular flexibility index (Phi) is 5.81. The van der Waals surface area contributed by atoms with Crippen LogP contribution < -0.4 is 0 Å². The number of nitrogens with zero attached hydrogens (tertiary/aromatic N) is 2. The van der Waals surface area contributed by atoms with E-state index in [1.807, 2.05) is 4.90 Å². The first-order valence-corrected chi connectivity index (χ1v) is 7.97. The largest absolute Gasteiger partial charge is 0.337 e. The molecule has 0 saturated carbocycles. The van der Waals surface area contributed by atoms with Crippen LogP contribution in [0.5, 0.6) is 0 Å². The summed E-state index contributed by atoms with van der Waals surface area (Å²) in [5.41, 5.74) is 0.511. The summed E-state index contributed by atoms with van der Waals surface area (Å²) in [6, 6.07) is 4.17. The fourth-order valence-electron chi connectivity index (χ4n) is 2.35. The molecule has 0 atom stereocenters. The lowest BCUT2D eigenvalue weighted by molar-refractivity contribution is 0.0761. The van der Waals surface area contributed by atoms with Gasteiger partial charge in [-0.25, -0.2) is 4.39 Å². The van der Waals surface area contributed by atoms with Gasteiger partial charge in [-0.2, -0.15) is 0 Å². The number of carbonyl (C=O) groups is 1. The van der Waals surface area contributed by atoms with Crippen LogP contribution in [-0.2, 0) is 0 Å². The summed E-state index contributed by atoms with van der Waals surface area (Å²) < 4.78 is 13.6. The van der Waals surface area contributed by atoms with E-state index in [0.717, 1.165) is 32.6 Å².